The van der Waals surface area contributed by atoms with Gasteiger partial charge < -0.3 is 10.0 Å². The summed E-state index contributed by atoms with van der Waals surface area (Å²) in [6.07, 6.45) is 5.82. The van der Waals surface area contributed by atoms with Gasteiger partial charge in [0, 0.05) is 12.6 Å². The van der Waals surface area contributed by atoms with Gasteiger partial charge in [0.15, 0.2) is 0 Å². The predicted molar refractivity (Wildman–Crippen MR) is 95.9 cm³/mol. The van der Waals surface area contributed by atoms with Crippen LogP contribution in [0.3, 0.4) is 0 Å². The molecule has 0 radical (unpaired) electrons. The first-order valence-corrected chi connectivity index (χ1v) is 8.81. The van der Waals surface area contributed by atoms with Crippen LogP contribution in [-0.4, -0.2) is 29.1 Å². The number of fused-ring (bicyclic) bond motifs is 1. The Morgan fingerprint density at radius 3 is 2.70 bits per heavy atom. The predicted octanol–water partition coefficient (Wildman–Crippen LogP) is 4.20. The van der Waals surface area contributed by atoms with E-state index in [4.69, 9.17) is 0 Å². The lowest BCUT2D eigenvalue weighted by Gasteiger charge is -2.26. The van der Waals surface area contributed by atoms with Crippen LogP contribution in [-0.2, 0) is 19.3 Å². The number of benzene rings is 2. The van der Waals surface area contributed by atoms with E-state index in [0.29, 0.717) is 11.8 Å². The van der Waals surface area contributed by atoms with Gasteiger partial charge in [0.25, 0.3) is 0 Å². The monoisotopic (exact) mass is 309 g/mol. The zero-order chi connectivity index (χ0) is 16.1. The number of phenols is 1. The molecule has 0 spiro atoms. The number of aromatic hydroxyl groups is 1. The van der Waals surface area contributed by atoms with E-state index in [1.165, 1.54) is 42.5 Å². The molecule has 1 heterocycles. The minimum atomic E-state index is 0.396. The van der Waals surface area contributed by atoms with E-state index >= 15 is 0 Å². The Labute approximate surface area is 139 Å². The van der Waals surface area contributed by atoms with Crippen molar-refractivity contribution in [2.45, 2.75) is 45.1 Å². The molecule has 0 saturated heterocycles. The van der Waals surface area contributed by atoms with Gasteiger partial charge in [0.05, 0.1) is 0 Å². The summed E-state index contributed by atoms with van der Waals surface area (Å²) in [7, 11) is 0. The van der Waals surface area contributed by atoms with Crippen LogP contribution < -0.4 is 0 Å². The van der Waals surface area contributed by atoms with Crippen molar-refractivity contribution in [3.63, 3.8) is 0 Å². The largest absolute Gasteiger partial charge is 0.508 e. The van der Waals surface area contributed by atoms with E-state index in [9.17, 15) is 5.11 Å². The molecule has 1 atom stereocenters. The van der Waals surface area contributed by atoms with E-state index in [2.05, 4.69) is 48.2 Å². The number of hydrogen-bond donors (Lipinski definition) is 1. The quantitative estimate of drug-likeness (QED) is 0.837. The highest BCUT2D eigenvalue weighted by Gasteiger charge is 2.20. The fourth-order valence-electron chi connectivity index (χ4n) is 3.60. The Bertz CT molecular complexity index is 623. The van der Waals surface area contributed by atoms with E-state index in [0.717, 1.165) is 19.4 Å². The Balaban J connectivity index is 1.49. The summed E-state index contributed by atoms with van der Waals surface area (Å²) >= 11 is 0. The molecule has 0 saturated carbocycles. The smallest absolute Gasteiger partial charge is 0.115 e. The highest BCUT2D eigenvalue weighted by atomic mass is 16.3. The van der Waals surface area contributed by atoms with Crippen LogP contribution in [0.25, 0.3) is 0 Å². The van der Waals surface area contributed by atoms with Gasteiger partial charge in [-0.3, -0.25) is 0 Å². The lowest BCUT2D eigenvalue weighted by Crippen LogP contribution is -2.35. The molecular formula is C21H27NO. The molecule has 0 aliphatic carbocycles. The highest BCUT2D eigenvalue weighted by molar-refractivity contribution is 5.36. The summed E-state index contributed by atoms with van der Waals surface area (Å²) in [5, 5.41) is 9.68. The van der Waals surface area contributed by atoms with Crippen molar-refractivity contribution in [1.82, 2.24) is 4.90 Å². The fourth-order valence-corrected chi connectivity index (χ4v) is 3.60. The standard InChI is InChI=1S/C21H27NO/c1-17-15-19-10-11-21(23)16-20(19)12-14-22(17)13-6-5-9-18-7-3-2-4-8-18/h2-4,7-8,10-11,16-17,23H,5-6,9,12-15H2,1H3. The zero-order valence-electron chi connectivity index (χ0n) is 14.0. The van der Waals surface area contributed by atoms with Crippen molar-refractivity contribution in [2.75, 3.05) is 13.1 Å². The number of rotatable bonds is 5. The molecule has 122 valence electrons. The molecule has 2 aromatic carbocycles. The number of aryl methyl sites for hydroxylation is 1. The summed E-state index contributed by atoms with van der Waals surface area (Å²) in [5.41, 5.74) is 4.17. The molecule has 0 bridgehead atoms. The minimum absolute atomic E-state index is 0.396. The molecule has 1 aliphatic rings. The molecule has 2 aromatic rings. The zero-order valence-corrected chi connectivity index (χ0v) is 14.0. The second-order valence-corrected chi connectivity index (χ2v) is 6.73. The van der Waals surface area contributed by atoms with Crippen LogP contribution in [0.5, 0.6) is 5.75 Å². The average molecular weight is 309 g/mol. The molecule has 0 aromatic heterocycles. The van der Waals surface area contributed by atoms with Gasteiger partial charge in [-0.05, 0) is 74.4 Å². The number of unbranched alkanes of at least 4 members (excludes halogenated alkanes) is 1. The maximum absolute atomic E-state index is 9.68. The van der Waals surface area contributed by atoms with Crippen molar-refractivity contribution in [1.29, 1.82) is 0 Å². The highest BCUT2D eigenvalue weighted by Crippen LogP contribution is 2.23. The molecule has 1 N–H and O–H groups in total. The van der Waals surface area contributed by atoms with Gasteiger partial charge in [-0.25, -0.2) is 0 Å². The third-order valence-corrected chi connectivity index (χ3v) is 5.00. The van der Waals surface area contributed by atoms with E-state index in [1.54, 1.807) is 0 Å². The Hall–Kier alpha value is -1.80. The SMILES string of the molecule is CC1Cc2ccc(O)cc2CCN1CCCCc1ccccc1. The lowest BCUT2D eigenvalue weighted by molar-refractivity contribution is 0.212. The first-order valence-electron chi connectivity index (χ1n) is 8.81. The number of phenolic OH excluding ortho intramolecular Hbond substituents is 1. The first kappa shape index (κ1) is 16.1. The van der Waals surface area contributed by atoms with Crippen LogP contribution in [0.1, 0.15) is 36.5 Å². The van der Waals surface area contributed by atoms with Crippen molar-refractivity contribution >= 4 is 0 Å². The molecule has 3 rings (SSSR count). The second kappa shape index (κ2) is 7.65. The fraction of sp³-hybridized carbons (Fsp3) is 0.429. The van der Waals surface area contributed by atoms with Crippen molar-refractivity contribution in [2.24, 2.45) is 0 Å². The normalized spacial score (nSPS) is 18.4. The molecule has 2 nitrogen and oxygen atoms in total. The molecule has 0 amide bonds. The molecule has 2 heteroatoms. The average Bonchev–Trinajstić information content (AvgIpc) is 2.71. The van der Waals surface area contributed by atoms with E-state index in [-0.39, 0.29) is 0 Å². The maximum atomic E-state index is 9.68. The summed E-state index contributed by atoms with van der Waals surface area (Å²) in [4.78, 5) is 2.61. The van der Waals surface area contributed by atoms with E-state index in [1.807, 2.05) is 12.1 Å². The molecule has 23 heavy (non-hydrogen) atoms. The lowest BCUT2D eigenvalue weighted by atomic mass is 10.0. The van der Waals surface area contributed by atoms with Crippen LogP contribution in [0.15, 0.2) is 48.5 Å². The van der Waals surface area contributed by atoms with Crippen LogP contribution in [0.2, 0.25) is 0 Å². The van der Waals surface area contributed by atoms with Gasteiger partial charge in [0.1, 0.15) is 5.75 Å². The third kappa shape index (κ3) is 4.35. The van der Waals surface area contributed by atoms with Gasteiger partial charge in [-0.15, -0.1) is 0 Å². The van der Waals surface area contributed by atoms with E-state index < -0.39 is 0 Å². The number of hydrogen-bond acceptors (Lipinski definition) is 2. The second-order valence-electron chi connectivity index (χ2n) is 6.73. The van der Waals surface area contributed by atoms with Crippen LogP contribution >= 0.6 is 0 Å². The topological polar surface area (TPSA) is 23.5 Å². The van der Waals surface area contributed by atoms with Crippen molar-refractivity contribution in [3.05, 3.63) is 65.2 Å². The van der Waals surface area contributed by atoms with Gasteiger partial charge in [-0.1, -0.05) is 36.4 Å². The van der Waals surface area contributed by atoms with Gasteiger partial charge in [0.2, 0.25) is 0 Å². The Kier molecular flexibility index (Phi) is 5.35. The maximum Gasteiger partial charge on any atom is 0.115 e. The Morgan fingerprint density at radius 2 is 1.87 bits per heavy atom. The summed E-state index contributed by atoms with van der Waals surface area (Å²) in [6, 6.07) is 17.2. The van der Waals surface area contributed by atoms with Gasteiger partial charge >= 0.3 is 0 Å². The summed E-state index contributed by atoms with van der Waals surface area (Å²) < 4.78 is 0. The van der Waals surface area contributed by atoms with Gasteiger partial charge in [-0.2, -0.15) is 0 Å². The molecule has 0 fully saturated rings. The summed E-state index contributed by atoms with van der Waals surface area (Å²) in [6.45, 7) is 4.61. The first-order chi connectivity index (χ1) is 11.2. The Morgan fingerprint density at radius 1 is 1.04 bits per heavy atom. The molecule has 1 aliphatic heterocycles. The molecule has 1 unspecified atom stereocenters. The molecular weight excluding hydrogens is 282 g/mol. The van der Waals surface area contributed by atoms with Crippen molar-refractivity contribution < 1.29 is 5.11 Å². The van der Waals surface area contributed by atoms with Crippen LogP contribution in [0, 0.1) is 0 Å². The van der Waals surface area contributed by atoms with Crippen molar-refractivity contribution in [3.8, 4) is 5.75 Å². The minimum Gasteiger partial charge on any atom is -0.508 e. The van der Waals surface area contributed by atoms with Crippen LogP contribution in [0.4, 0.5) is 0 Å². The number of nitrogens with zero attached hydrogens (tertiary/aromatic N) is 1. The third-order valence-electron chi connectivity index (χ3n) is 5.00. The summed E-state index contributed by atoms with van der Waals surface area (Å²) in [5.74, 6) is 0.396.